The van der Waals surface area contributed by atoms with Crippen molar-refractivity contribution in [3.63, 3.8) is 0 Å². The van der Waals surface area contributed by atoms with Crippen LogP contribution in [-0.2, 0) is 0 Å². The van der Waals surface area contributed by atoms with Gasteiger partial charge in [0.1, 0.15) is 29.7 Å². The molecule has 0 radical (unpaired) electrons. The molecule has 19 heavy (non-hydrogen) atoms. The molecule has 2 rings (SSSR count). The van der Waals surface area contributed by atoms with E-state index in [9.17, 15) is 8.78 Å². The van der Waals surface area contributed by atoms with Gasteiger partial charge < -0.3 is 10.1 Å². The van der Waals surface area contributed by atoms with E-state index in [4.69, 9.17) is 4.74 Å². The molecule has 1 N–H and O–H groups in total. The number of hydrogen-bond donors (Lipinski definition) is 1. The Hall–Kier alpha value is -1.62. The average Bonchev–Trinajstić information content (AvgIpc) is 2.38. The van der Waals surface area contributed by atoms with E-state index < -0.39 is 11.6 Å². The van der Waals surface area contributed by atoms with Gasteiger partial charge in [0.25, 0.3) is 0 Å². The summed E-state index contributed by atoms with van der Waals surface area (Å²) < 4.78 is 32.8. The Balaban J connectivity index is 1.86. The Bertz CT molecular complexity index is 525. The Morgan fingerprint density at radius 1 is 1.05 bits per heavy atom. The lowest BCUT2D eigenvalue weighted by Gasteiger charge is -2.10. The largest absolute Gasteiger partial charge is 0.492 e. The fourth-order valence-corrected chi connectivity index (χ4v) is 1.97. The molecular weight excluding hydrogens is 316 g/mol. The van der Waals surface area contributed by atoms with Crippen LogP contribution in [0.25, 0.3) is 0 Å². The summed E-state index contributed by atoms with van der Waals surface area (Å²) in [5.41, 5.74) is -0.139. The SMILES string of the molecule is Fc1cc(Br)cc(F)c1NCCOc1ccccc1. The molecule has 0 saturated heterocycles. The Morgan fingerprint density at radius 2 is 1.68 bits per heavy atom. The van der Waals surface area contributed by atoms with E-state index in [-0.39, 0.29) is 5.69 Å². The van der Waals surface area contributed by atoms with Gasteiger partial charge in [-0.25, -0.2) is 8.78 Å². The van der Waals surface area contributed by atoms with Crippen molar-refractivity contribution in [1.82, 2.24) is 0 Å². The van der Waals surface area contributed by atoms with Gasteiger partial charge in [0.05, 0.1) is 0 Å². The van der Waals surface area contributed by atoms with Gasteiger partial charge in [-0.05, 0) is 24.3 Å². The fraction of sp³-hybridized carbons (Fsp3) is 0.143. The third-order valence-corrected chi connectivity index (χ3v) is 2.88. The Labute approximate surface area is 118 Å². The number of anilines is 1. The molecule has 0 aliphatic carbocycles. The maximum absolute atomic E-state index is 13.5. The second-order valence-corrected chi connectivity index (χ2v) is 4.75. The molecule has 2 nitrogen and oxygen atoms in total. The summed E-state index contributed by atoms with van der Waals surface area (Å²) in [6, 6.07) is 11.7. The molecule has 0 spiro atoms. The van der Waals surface area contributed by atoms with Crippen molar-refractivity contribution in [1.29, 1.82) is 0 Å². The van der Waals surface area contributed by atoms with E-state index in [0.717, 1.165) is 5.75 Å². The van der Waals surface area contributed by atoms with Crippen LogP contribution < -0.4 is 10.1 Å². The number of rotatable bonds is 5. The molecule has 2 aromatic carbocycles. The van der Waals surface area contributed by atoms with Crippen LogP contribution in [0, 0.1) is 11.6 Å². The van der Waals surface area contributed by atoms with E-state index in [2.05, 4.69) is 21.2 Å². The first-order valence-electron chi connectivity index (χ1n) is 5.73. The van der Waals surface area contributed by atoms with E-state index >= 15 is 0 Å². The smallest absolute Gasteiger partial charge is 0.150 e. The molecule has 0 unspecified atom stereocenters. The zero-order valence-corrected chi connectivity index (χ0v) is 11.6. The van der Waals surface area contributed by atoms with Gasteiger partial charge in [-0.15, -0.1) is 0 Å². The van der Waals surface area contributed by atoms with Crippen molar-refractivity contribution in [2.75, 3.05) is 18.5 Å². The standard InChI is InChI=1S/C14H12BrF2NO/c15-10-8-12(16)14(13(17)9-10)18-6-7-19-11-4-2-1-3-5-11/h1-5,8-9,18H,6-7H2. The van der Waals surface area contributed by atoms with Gasteiger partial charge in [0.15, 0.2) is 0 Å². The van der Waals surface area contributed by atoms with Crippen LogP contribution in [0.4, 0.5) is 14.5 Å². The van der Waals surface area contributed by atoms with Gasteiger partial charge in [0, 0.05) is 11.0 Å². The minimum absolute atomic E-state index is 0.139. The third-order valence-electron chi connectivity index (χ3n) is 2.42. The molecule has 0 fully saturated rings. The average molecular weight is 328 g/mol. The third kappa shape index (κ3) is 3.92. The normalized spacial score (nSPS) is 10.3. The topological polar surface area (TPSA) is 21.3 Å². The van der Waals surface area contributed by atoms with E-state index in [0.29, 0.717) is 17.6 Å². The van der Waals surface area contributed by atoms with Gasteiger partial charge in [-0.1, -0.05) is 34.1 Å². The highest BCUT2D eigenvalue weighted by molar-refractivity contribution is 9.10. The number of halogens is 3. The quantitative estimate of drug-likeness (QED) is 0.830. The number of nitrogens with one attached hydrogen (secondary N) is 1. The highest BCUT2D eigenvalue weighted by Gasteiger charge is 2.09. The molecular formula is C14H12BrF2NO. The lowest BCUT2D eigenvalue weighted by molar-refractivity contribution is 0.332. The maximum Gasteiger partial charge on any atom is 0.150 e. The molecule has 0 saturated carbocycles. The number of ether oxygens (including phenoxy) is 1. The highest BCUT2D eigenvalue weighted by atomic mass is 79.9. The minimum Gasteiger partial charge on any atom is -0.492 e. The minimum atomic E-state index is -0.633. The summed E-state index contributed by atoms with van der Waals surface area (Å²) >= 11 is 3.03. The van der Waals surface area contributed by atoms with Crippen molar-refractivity contribution in [3.8, 4) is 5.75 Å². The van der Waals surface area contributed by atoms with Crippen molar-refractivity contribution in [2.45, 2.75) is 0 Å². The predicted octanol–water partition coefficient (Wildman–Crippen LogP) is 4.22. The number of hydrogen-bond acceptors (Lipinski definition) is 2. The van der Waals surface area contributed by atoms with Crippen LogP contribution in [-0.4, -0.2) is 13.2 Å². The monoisotopic (exact) mass is 327 g/mol. The maximum atomic E-state index is 13.5. The zero-order chi connectivity index (χ0) is 13.7. The van der Waals surface area contributed by atoms with Crippen molar-refractivity contribution < 1.29 is 13.5 Å². The van der Waals surface area contributed by atoms with Crippen molar-refractivity contribution >= 4 is 21.6 Å². The molecule has 0 bridgehead atoms. The van der Waals surface area contributed by atoms with Gasteiger partial charge >= 0.3 is 0 Å². The Kier molecular flexibility index (Phi) is 4.74. The molecule has 0 atom stereocenters. The van der Waals surface area contributed by atoms with E-state index in [1.807, 2.05) is 30.3 Å². The van der Waals surface area contributed by atoms with Crippen molar-refractivity contribution in [3.05, 3.63) is 58.6 Å². The molecule has 0 amide bonds. The van der Waals surface area contributed by atoms with Gasteiger partial charge in [-0.3, -0.25) is 0 Å². The Morgan fingerprint density at radius 3 is 2.32 bits per heavy atom. The van der Waals surface area contributed by atoms with Crippen LogP contribution >= 0.6 is 15.9 Å². The number of benzene rings is 2. The summed E-state index contributed by atoms with van der Waals surface area (Å²) in [5, 5.41) is 2.68. The summed E-state index contributed by atoms with van der Waals surface area (Å²) in [5.74, 6) is -0.542. The van der Waals surface area contributed by atoms with Crippen LogP contribution in [0.1, 0.15) is 0 Å². The second kappa shape index (κ2) is 6.52. The van der Waals surface area contributed by atoms with Crippen LogP contribution in [0.15, 0.2) is 46.9 Å². The van der Waals surface area contributed by atoms with Gasteiger partial charge in [0.2, 0.25) is 0 Å². The molecule has 100 valence electrons. The number of para-hydroxylation sites is 1. The van der Waals surface area contributed by atoms with E-state index in [1.54, 1.807) is 0 Å². The molecule has 2 aromatic rings. The molecule has 0 aliphatic rings. The lowest BCUT2D eigenvalue weighted by Crippen LogP contribution is -2.13. The predicted molar refractivity (Wildman–Crippen MR) is 74.5 cm³/mol. The van der Waals surface area contributed by atoms with Crippen LogP contribution in [0.3, 0.4) is 0 Å². The summed E-state index contributed by atoms with van der Waals surface area (Å²) in [6.07, 6.45) is 0. The molecule has 0 aromatic heterocycles. The second-order valence-electron chi connectivity index (χ2n) is 3.83. The highest BCUT2D eigenvalue weighted by Crippen LogP contribution is 2.23. The van der Waals surface area contributed by atoms with E-state index in [1.165, 1.54) is 12.1 Å². The summed E-state index contributed by atoms with van der Waals surface area (Å²) in [6.45, 7) is 0.628. The summed E-state index contributed by atoms with van der Waals surface area (Å²) in [7, 11) is 0. The van der Waals surface area contributed by atoms with Crippen LogP contribution in [0.5, 0.6) is 5.75 Å². The fourth-order valence-electron chi connectivity index (χ4n) is 1.57. The lowest BCUT2D eigenvalue weighted by atomic mass is 10.3. The van der Waals surface area contributed by atoms with Gasteiger partial charge in [-0.2, -0.15) is 0 Å². The first-order valence-corrected chi connectivity index (χ1v) is 6.52. The molecule has 0 aliphatic heterocycles. The molecule has 0 heterocycles. The van der Waals surface area contributed by atoms with Crippen molar-refractivity contribution in [2.24, 2.45) is 0 Å². The first kappa shape index (κ1) is 13.8. The summed E-state index contributed by atoms with van der Waals surface area (Å²) in [4.78, 5) is 0. The first-order chi connectivity index (χ1) is 9.16. The van der Waals surface area contributed by atoms with Crippen LogP contribution in [0.2, 0.25) is 0 Å². The zero-order valence-electron chi connectivity index (χ0n) is 10.00. The molecule has 5 heteroatoms.